The molecule has 5 heteroatoms. The second kappa shape index (κ2) is 8.62. The van der Waals surface area contributed by atoms with Crippen LogP contribution in [0.2, 0.25) is 0 Å². The van der Waals surface area contributed by atoms with Crippen LogP contribution in [0, 0.1) is 0 Å². The van der Waals surface area contributed by atoms with E-state index in [0.29, 0.717) is 0 Å². The number of nitrogens with one attached hydrogen (secondary N) is 2. The lowest BCUT2D eigenvalue weighted by molar-refractivity contribution is 0.740. The normalized spacial score (nSPS) is 11.8. The molecule has 0 amide bonds. The van der Waals surface area contributed by atoms with Crippen LogP contribution >= 0.6 is 11.3 Å². The van der Waals surface area contributed by atoms with Crippen LogP contribution < -0.4 is 10.6 Å². The van der Waals surface area contributed by atoms with Gasteiger partial charge in [-0.3, -0.25) is 4.99 Å². The topological polar surface area (TPSA) is 49.3 Å². The van der Waals surface area contributed by atoms with Gasteiger partial charge in [-0.2, -0.15) is 0 Å². The predicted molar refractivity (Wildman–Crippen MR) is 92.2 cm³/mol. The SMILES string of the molecule is CCCN=C(NCC)NCCCc1nc2ccccc2s1. The minimum absolute atomic E-state index is 0.868. The van der Waals surface area contributed by atoms with Gasteiger partial charge in [-0.1, -0.05) is 19.1 Å². The number of fused-ring (bicyclic) bond motifs is 1. The number of para-hydroxylation sites is 1. The van der Waals surface area contributed by atoms with Crippen LogP contribution in [0.4, 0.5) is 0 Å². The number of hydrogen-bond acceptors (Lipinski definition) is 3. The fourth-order valence-electron chi connectivity index (χ4n) is 2.04. The number of nitrogens with zero attached hydrogens (tertiary/aromatic N) is 2. The van der Waals surface area contributed by atoms with Crippen molar-refractivity contribution in [3.8, 4) is 0 Å². The highest BCUT2D eigenvalue weighted by Gasteiger charge is 2.03. The maximum Gasteiger partial charge on any atom is 0.191 e. The summed E-state index contributed by atoms with van der Waals surface area (Å²) in [5.74, 6) is 0.920. The first-order valence-corrected chi connectivity index (χ1v) is 8.51. The van der Waals surface area contributed by atoms with Crippen molar-refractivity contribution in [2.24, 2.45) is 4.99 Å². The molecule has 0 saturated carbocycles. The molecule has 1 aromatic carbocycles. The van der Waals surface area contributed by atoms with Crippen molar-refractivity contribution in [3.63, 3.8) is 0 Å². The van der Waals surface area contributed by atoms with Crippen LogP contribution in [-0.2, 0) is 6.42 Å². The van der Waals surface area contributed by atoms with E-state index in [9.17, 15) is 0 Å². The molecule has 0 bridgehead atoms. The lowest BCUT2D eigenvalue weighted by atomic mass is 10.3. The first-order valence-electron chi connectivity index (χ1n) is 7.70. The molecule has 2 aromatic rings. The van der Waals surface area contributed by atoms with Crippen molar-refractivity contribution in [1.82, 2.24) is 15.6 Å². The Balaban J connectivity index is 1.78. The maximum absolute atomic E-state index is 4.66. The molecule has 0 aliphatic rings. The Morgan fingerprint density at radius 3 is 2.86 bits per heavy atom. The summed E-state index contributed by atoms with van der Waals surface area (Å²) < 4.78 is 1.28. The third-order valence-corrected chi connectivity index (χ3v) is 4.13. The minimum Gasteiger partial charge on any atom is -0.357 e. The number of guanidine groups is 1. The summed E-state index contributed by atoms with van der Waals surface area (Å²) in [5.41, 5.74) is 1.11. The Hall–Kier alpha value is -1.62. The number of aryl methyl sites for hydroxylation is 1. The van der Waals surface area contributed by atoms with Gasteiger partial charge >= 0.3 is 0 Å². The molecule has 0 radical (unpaired) electrons. The standard InChI is InChI=1S/C16H24N4S/c1-3-11-18-16(17-4-2)19-12-7-10-15-20-13-8-5-6-9-14(13)21-15/h5-6,8-9H,3-4,7,10-12H2,1-2H3,(H2,17,18,19). The molecule has 114 valence electrons. The average Bonchev–Trinajstić information content (AvgIpc) is 2.91. The summed E-state index contributed by atoms with van der Waals surface area (Å²) in [7, 11) is 0. The Kier molecular flexibility index (Phi) is 6.47. The zero-order valence-corrected chi connectivity index (χ0v) is 13.7. The number of thiazole rings is 1. The number of aliphatic imine (C=N–C) groups is 1. The molecular weight excluding hydrogens is 280 g/mol. The fraction of sp³-hybridized carbons (Fsp3) is 0.500. The average molecular weight is 304 g/mol. The molecule has 1 heterocycles. The summed E-state index contributed by atoms with van der Waals surface area (Å²) in [4.78, 5) is 9.15. The lowest BCUT2D eigenvalue weighted by Gasteiger charge is -2.10. The van der Waals surface area contributed by atoms with Gasteiger partial charge in [0.2, 0.25) is 0 Å². The third-order valence-electron chi connectivity index (χ3n) is 3.04. The molecule has 0 unspecified atom stereocenters. The van der Waals surface area contributed by atoms with Crippen LogP contribution in [0.5, 0.6) is 0 Å². The number of rotatable bonds is 7. The smallest absolute Gasteiger partial charge is 0.191 e. The van der Waals surface area contributed by atoms with Gasteiger partial charge in [0.25, 0.3) is 0 Å². The summed E-state index contributed by atoms with van der Waals surface area (Å²) in [5, 5.41) is 7.85. The molecular formula is C16H24N4S. The van der Waals surface area contributed by atoms with Gasteiger partial charge in [0.05, 0.1) is 15.2 Å². The van der Waals surface area contributed by atoms with E-state index in [2.05, 4.69) is 52.7 Å². The molecule has 0 fully saturated rings. The van der Waals surface area contributed by atoms with Gasteiger partial charge in [0.1, 0.15) is 0 Å². The van der Waals surface area contributed by atoms with Gasteiger partial charge in [0.15, 0.2) is 5.96 Å². The van der Waals surface area contributed by atoms with Gasteiger partial charge < -0.3 is 10.6 Å². The van der Waals surface area contributed by atoms with Gasteiger partial charge in [0, 0.05) is 26.1 Å². The first kappa shape index (κ1) is 15.8. The highest BCUT2D eigenvalue weighted by Crippen LogP contribution is 2.22. The molecule has 0 aliphatic heterocycles. The van der Waals surface area contributed by atoms with Crippen molar-refractivity contribution in [1.29, 1.82) is 0 Å². The van der Waals surface area contributed by atoms with Crippen LogP contribution in [0.3, 0.4) is 0 Å². The molecule has 0 saturated heterocycles. The lowest BCUT2D eigenvalue weighted by Crippen LogP contribution is -2.38. The van der Waals surface area contributed by atoms with Crippen molar-refractivity contribution in [2.75, 3.05) is 19.6 Å². The van der Waals surface area contributed by atoms with Gasteiger partial charge in [-0.25, -0.2) is 4.98 Å². The minimum atomic E-state index is 0.868. The van der Waals surface area contributed by atoms with Gasteiger partial charge in [-0.05, 0) is 31.9 Å². The molecule has 0 spiro atoms. The summed E-state index contributed by atoms with van der Waals surface area (Å²) in [6.45, 7) is 6.91. The largest absolute Gasteiger partial charge is 0.357 e. The molecule has 1 aromatic heterocycles. The second-order valence-corrected chi connectivity index (χ2v) is 5.98. The fourth-order valence-corrected chi connectivity index (χ4v) is 3.05. The molecule has 4 nitrogen and oxygen atoms in total. The molecule has 2 N–H and O–H groups in total. The van der Waals surface area contributed by atoms with Crippen molar-refractivity contribution >= 4 is 27.5 Å². The van der Waals surface area contributed by atoms with E-state index in [1.54, 1.807) is 11.3 Å². The van der Waals surface area contributed by atoms with Crippen LogP contribution in [0.15, 0.2) is 29.3 Å². The Bertz CT molecular complexity index is 543. The van der Waals surface area contributed by atoms with E-state index < -0.39 is 0 Å². The second-order valence-electron chi connectivity index (χ2n) is 4.87. The summed E-state index contributed by atoms with van der Waals surface area (Å²) in [6, 6.07) is 8.32. The Morgan fingerprint density at radius 2 is 2.10 bits per heavy atom. The Labute approximate surface area is 130 Å². The maximum atomic E-state index is 4.66. The van der Waals surface area contributed by atoms with E-state index in [0.717, 1.165) is 50.4 Å². The van der Waals surface area contributed by atoms with Crippen molar-refractivity contribution in [2.45, 2.75) is 33.1 Å². The zero-order chi connectivity index (χ0) is 14.9. The molecule has 21 heavy (non-hydrogen) atoms. The van der Waals surface area contributed by atoms with E-state index in [1.807, 2.05) is 6.07 Å². The highest BCUT2D eigenvalue weighted by atomic mass is 32.1. The van der Waals surface area contributed by atoms with Crippen molar-refractivity contribution < 1.29 is 0 Å². The van der Waals surface area contributed by atoms with Crippen LogP contribution in [0.25, 0.3) is 10.2 Å². The van der Waals surface area contributed by atoms with Gasteiger partial charge in [-0.15, -0.1) is 11.3 Å². The van der Waals surface area contributed by atoms with E-state index in [-0.39, 0.29) is 0 Å². The van der Waals surface area contributed by atoms with Crippen LogP contribution in [0.1, 0.15) is 31.7 Å². The Morgan fingerprint density at radius 1 is 1.24 bits per heavy atom. The molecule has 0 atom stereocenters. The molecule has 2 rings (SSSR count). The predicted octanol–water partition coefficient (Wildman–Crippen LogP) is 3.19. The van der Waals surface area contributed by atoms with E-state index in [1.165, 1.54) is 9.71 Å². The van der Waals surface area contributed by atoms with E-state index >= 15 is 0 Å². The summed E-state index contributed by atoms with van der Waals surface area (Å²) in [6.07, 6.45) is 3.15. The summed E-state index contributed by atoms with van der Waals surface area (Å²) >= 11 is 1.80. The molecule has 0 aliphatic carbocycles. The third kappa shape index (κ3) is 5.01. The highest BCUT2D eigenvalue weighted by molar-refractivity contribution is 7.18. The number of aromatic nitrogens is 1. The number of benzene rings is 1. The quantitative estimate of drug-likeness (QED) is 0.469. The monoisotopic (exact) mass is 304 g/mol. The van der Waals surface area contributed by atoms with Crippen molar-refractivity contribution in [3.05, 3.63) is 29.3 Å². The first-order chi connectivity index (χ1) is 10.3. The zero-order valence-electron chi connectivity index (χ0n) is 12.9. The van der Waals surface area contributed by atoms with E-state index in [4.69, 9.17) is 0 Å². The van der Waals surface area contributed by atoms with Crippen LogP contribution in [-0.4, -0.2) is 30.6 Å². The number of hydrogen-bond donors (Lipinski definition) is 2.